The molecular weight excluding hydrogens is 330 g/mol. The lowest BCUT2D eigenvalue weighted by atomic mass is 10.1. The number of hydrogen-bond acceptors (Lipinski definition) is 6. The summed E-state index contributed by atoms with van der Waals surface area (Å²) < 4.78 is 0. The topological polar surface area (TPSA) is 136 Å². The zero-order valence-corrected chi connectivity index (χ0v) is 12.0. The molecule has 0 atom stereocenters. The molecule has 23 heavy (non-hydrogen) atoms. The molecule has 0 heterocycles. The van der Waals surface area contributed by atoms with Crippen molar-refractivity contribution in [2.75, 3.05) is 5.32 Å². The third kappa shape index (κ3) is 3.71. The number of rotatable bonds is 4. The first-order valence-corrected chi connectivity index (χ1v) is 6.39. The summed E-state index contributed by atoms with van der Waals surface area (Å²) in [6, 6.07) is 6.46. The number of halogens is 1. The predicted molar refractivity (Wildman–Crippen MR) is 80.8 cm³/mol. The number of nitro groups is 2. The lowest BCUT2D eigenvalue weighted by Gasteiger charge is -2.06. The molecule has 0 radical (unpaired) electrons. The van der Waals surface area contributed by atoms with Crippen LogP contribution < -0.4 is 5.32 Å². The van der Waals surface area contributed by atoms with Gasteiger partial charge >= 0.3 is 0 Å². The molecule has 0 aliphatic heterocycles. The van der Waals surface area contributed by atoms with Gasteiger partial charge in [-0.1, -0.05) is 11.6 Å². The van der Waals surface area contributed by atoms with Crippen molar-refractivity contribution < 1.29 is 19.7 Å². The number of nitrogens with zero attached hydrogens (tertiary/aromatic N) is 2. The van der Waals surface area contributed by atoms with Crippen LogP contribution in [0.25, 0.3) is 0 Å². The fraction of sp³-hybridized carbons (Fsp3) is 0. The summed E-state index contributed by atoms with van der Waals surface area (Å²) >= 11 is 5.70. The van der Waals surface area contributed by atoms with Gasteiger partial charge in [-0.2, -0.15) is 0 Å². The maximum Gasteiger partial charge on any atom is 0.277 e. The van der Waals surface area contributed by atoms with Crippen LogP contribution in [0.5, 0.6) is 5.75 Å². The number of carbonyl (C=O) groups is 1. The van der Waals surface area contributed by atoms with Crippen LogP contribution in [0.4, 0.5) is 17.1 Å². The van der Waals surface area contributed by atoms with E-state index in [9.17, 15) is 30.1 Å². The normalized spacial score (nSPS) is 10.1. The summed E-state index contributed by atoms with van der Waals surface area (Å²) in [5.74, 6) is -0.978. The number of carbonyl (C=O) groups excluding carboxylic acids is 1. The summed E-state index contributed by atoms with van der Waals surface area (Å²) in [4.78, 5) is 32.0. The van der Waals surface area contributed by atoms with Crippen molar-refractivity contribution in [1.82, 2.24) is 0 Å². The van der Waals surface area contributed by atoms with Gasteiger partial charge in [-0.15, -0.1) is 0 Å². The first-order valence-electron chi connectivity index (χ1n) is 6.01. The summed E-state index contributed by atoms with van der Waals surface area (Å²) in [6.07, 6.45) is 0. The number of non-ortho nitro benzene ring substituents is 2. The minimum Gasteiger partial charge on any atom is -0.506 e. The van der Waals surface area contributed by atoms with Crippen LogP contribution in [0.1, 0.15) is 10.4 Å². The number of phenols is 1. The molecule has 10 heteroatoms. The summed E-state index contributed by atoms with van der Waals surface area (Å²) in [5.41, 5.74) is -1.19. The van der Waals surface area contributed by atoms with Crippen LogP contribution in [0.2, 0.25) is 5.02 Å². The van der Waals surface area contributed by atoms with E-state index >= 15 is 0 Å². The van der Waals surface area contributed by atoms with Gasteiger partial charge in [0.1, 0.15) is 5.75 Å². The van der Waals surface area contributed by atoms with Crippen LogP contribution >= 0.6 is 11.6 Å². The maximum atomic E-state index is 12.1. The minimum atomic E-state index is -0.832. The third-order valence-corrected chi connectivity index (χ3v) is 3.09. The quantitative estimate of drug-likeness (QED) is 0.499. The Morgan fingerprint density at radius 1 is 1.04 bits per heavy atom. The fourth-order valence-electron chi connectivity index (χ4n) is 1.72. The maximum absolute atomic E-state index is 12.1. The van der Waals surface area contributed by atoms with Crippen molar-refractivity contribution in [3.8, 4) is 5.75 Å². The lowest BCUT2D eigenvalue weighted by molar-refractivity contribution is -0.394. The van der Waals surface area contributed by atoms with E-state index in [1.807, 2.05) is 0 Å². The van der Waals surface area contributed by atoms with Crippen molar-refractivity contribution in [1.29, 1.82) is 0 Å². The monoisotopic (exact) mass is 337 g/mol. The van der Waals surface area contributed by atoms with Crippen molar-refractivity contribution in [3.05, 3.63) is 67.2 Å². The van der Waals surface area contributed by atoms with Gasteiger partial charge < -0.3 is 10.4 Å². The van der Waals surface area contributed by atoms with E-state index in [2.05, 4.69) is 5.32 Å². The zero-order valence-electron chi connectivity index (χ0n) is 11.2. The molecule has 118 valence electrons. The molecule has 0 aliphatic carbocycles. The highest BCUT2D eigenvalue weighted by Gasteiger charge is 2.20. The molecule has 0 fully saturated rings. The Morgan fingerprint density at radius 3 is 2.09 bits per heavy atom. The SMILES string of the molecule is O=C(Nc1ccc(O)c(Cl)c1)c1cc([N+](=O)[O-])cc([N+](=O)[O-])c1. The molecule has 2 aromatic rings. The minimum absolute atomic E-state index is 0.00665. The van der Waals surface area contributed by atoms with Crippen LogP contribution in [0.3, 0.4) is 0 Å². The summed E-state index contributed by atoms with van der Waals surface area (Å²) in [5, 5.41) is 33.3. The molecule has 2 aromatic carbocycles. The molecular formula is C13H8ClN3O6. The Hall–Kier alpha value is -3.20. The van der Waals surface area contributed by atoms with E-state index in [-0.39, 0.29) is 22.0 Å². The van der Waals surface area contributed by atoms with Crippen LogP contribution in [0.15, 0.2) is 36.4 Å². The zero-order chi connectivity index (χ0) is 17.1. The van der Waals surface area contributed by atoms with E-state index in [4.69, 9.17) is 11.6 Å². The van der Waals surface area contributed by atoms with Crippen molar-refractivity contribution in [2.24, 2.45) is 0 Å². The van der Waals surface area contributed by atoms with Gasteiger partial charge in [0, 0.05) is 17.8 Å². The van der Waals surface area contributed by atoms with Crippen LogP contribution in [-0.2, 0) is 0 Å². The molecule has 2 rings (SSSR count). The number of nitro benzene ring substituents is 2. The highest BCUT2D eigenvalue weighted by Crippen LogP contribution is 2.27. The molecule has 9 nitrogen and oxygen atoms in total. The van der Waals surface area contributed by atoms with Gasteiger partial charge in [-0.3, -0.25) is 25.0 Å². The second-order valence-corrected chi connectivity index (χ2v) is 4.78. The number of benzene rings is 2. The molecule has 0 saturated carbocycles. The molecule has 0 aromatic heterocycles. The van der Waals surface area contributed by atoms with Gasteiger partial charge in [0.25, 0.3) is 17.3 Å². The molecule has 1 amide bonds. The fourth-order valence-corrected chi connectivity index (χ4v) is 1.91. The van der Waals surface area contributed by atoms with Crippen molar-refractivity contribution in [3.63, 3.8) is 0 Å². The standard InChI is InChI=1S/C13H8ClN3O6/c14-11-5-8(1-2-12(11)18)15-13(19)7-3-9(16(20)21)6-10(4-7)17(22)23/h1-6,18H,(H,15,19). The Labute approximate surface area is 133 Å². The Balaban J connectivity index is 2.36. The van der Waals surface area contributed by atoms with Crippen molar-refractivity contribution in [2.45, 2.75) is 0 Å². The molecule has 0 saturated heterocycles. The number of anilines is 1. The largest absolute Gasteiger partial charge is 0.506 e. The van der Waals surface area contributed by atoms with E-state index < -0.39 is 27.1 Å². The number of aromatic hydroxyl groups is 1. The van der Waals surface area contributed by atoms with E-state index in [1.165, 1.54) is 18.2 Å². The average molecular weight is 338 g/mol. The number of hydrogen-bond donors (Lipinski definition) is 2. The summed E-state index contributed by atoms with van der Waals surface area (Å²) in [7, 11) is 0. The van der Waals surface area contributed by atoms with E-state index in [1.54, 1.807) is 0 Å². The van der Waals surface area contributed by atoms with E-state index in [0.717, 1.165) is 18.2 Å². The summed E-state index contributed by atoms with van der Waals surface area (Å²) in [6.45, 7) is 0. The van der Waals surface area contributed by atoms with Gasteiger partial charge in [-0.05, 0) is 18.2 Å². The number of phenolic OH excluding ortho intramolecular Hbond substituents is 1. The first-order chi connectivity index (χ1) is 10.8. The van der Waals surface area contributed by atoms with Gasteiger partial charge in [0.2, 0.25) is 0 Å². The number of nitrogens with one attached hydrogen (secondary N) is 1. The third-order valence-electron chi connectivity index (χ3n) is 2.79. The van der Waals surface area contributed by atoms with Crippen LogP contribution in [-0.4, -0.2) is 20.9 Å². The molecule has 2 N–H and O–H groups in total. The van der Waals surface area contributed by atoms with Gasteiger partial charge in [0.15, 0.2) is 0 Å². The predicted octanol–water partition coefficient (Wildman–Crippen LogP) is 3.11. The smallest absolute Gasteiger partial charge is 0.277 e. The second kappa shape index (κ2) is 6.28. The molecule has 0 aliphatic rings. The molecule has 0 unspecified atom stereocenters. The van der Waals surface area contributed by atoms with E-state index in [0.29, 0.717) is 0 Å². The second-order valence-electron chi connectivity index (χ2n) is 4.37. The lowest BCUT2D eigenvalue weighted by Crippen LogP contribution is -2.12. The highest BCUT2D eigenvalue weighted by atomic mass is 35.5. The Bertz CT molecular complexity index is 791. The van der Waals surface area contributed by atoms with Gasteiger partial charge in [0.05, 0.1) is 26.5 Å². The van der Waals surface area contributed by atoms with Crippen molar-refractivity contribution >= 4 is 34.6 Å². The molecule has 0 spiro atoms. The first kappa shape index (κ1) is 16.2. The molecule has 0 bridgehead atoms. The Morgan fingerprint density at radius 2 is 1.61 bits per heavy atom. The number of amides is 1. The van der Waals surface area contributed by atoms with Crippen LogP contribution in [0, 0.1) is 20.2 Å². The Kier molecular flexibility index (Phi) is 4.42. The highest BCUT2D eigenvalue weighted by molar-refractivity contribution is 6.32. The van der Waals surface area contributed by atoms with Gasteiger partial charge in [-0.25, -0.2) is 0 Å². The average Bonchev–Trinajstić information content (AvgIpc) is 2.50.